The second-order valence-corrected chi connectivity index (χ2v) is 15.7. The molecule has 0 saturated carbocycles. The molecule has 13 nitrogen and oxygen atoms in total. The van der Waals surface area contributed by atoms with Gasteiger partial charge in [-0.1, -0.05) is 51.9 Å². The Kier molecular flexibility index (Phi) is 13.4. The van der Waals surface area contributed by atoms with Crippen molar-refractivity contribution < 1.29 is 32.3 Å². The molecule has 3 amide bonds. The maximum Gasteiger partial charge on any atom is 0.326 e. The van der Waals surface area contributed by atoms with Crippen molar-refractivity contribution in [3.05, 3.63) is 93.0 Å². The van der Waals surface area contributed by atoms with Crippen LogP contribution in [0, 0.1) is 6.92 Å². The molecule has 0 spiro atoms. The van der Waals surface area contributed by atoms with E-state index in [2.05, 4.69) is 5.32 Å². The van der Waals surface area contributed by atoms with Crippen molar-refractivity contribution in [3.8, 4) is 5.75 Å². The second kappa shape index (κ2) is 17.6. The highest BCUT2D eigenvalue weighted by molar-refractivity contribution is 7.89. The average Bonchev–Trinajstić information content (AvgIpc) is 3.52. The number of halogens is 2. The number of methoxy groups -OCH3 is 1. The third-order valence-corrected chi connectivity index (χ3v) is 11.5. The van der Waals surface area contributed by atoms with Gasteiger partial charge in [-0.25, -0.2) is 13.2 Å². The van der Waals surface area contributed by atoms with Crippen LogP contribution < -0.4 is 10.1 Å². The number of carbonyl (C=O) groups excluding carboxylic acids is 2. The van der Waals surface area contributed by atoms with Crippen LogP contribution in [0.25, 0.3) is 0 Å². The van der Waals surface area contributed by atoms with Gasteiger partial charge in [-0.15, -0.1) is 0 Å². The summed E-state index contributed by atoms with van der Waals surface area (Å²) in [6, 6.07) is 15.9. The molecule has 16 heteroatoms. The Morgan fingerprint density at radius 1 is 0.981 bits per heavy atom. The summed E-state index contributed by atoms with van der Waals surface area (Å²) in [7, 11) is 0.0467. The van der Waals surface area contributed by atoms with Crippen molar-refractivity contribution in [2.75, 3.05) is 67.2 Å². The Labute approximate surface area is 321 Å². The van der Waals surface area contributed by atoms with E-state index in [1.807, 2.05) is 43.0 Å². The smallest absolute Gasteiger partial charge is 0.326 e. The number of hydrogen-bond donors (Lipinski definition) is 1. The monoisotopic (exact) mass is 788 g/mol. The first kappa shape index (κ1) is 40.4. The number of rotatable bonds is 13. The van der Waals surface area contributed by atoms with Gasteiger partial charge in [0.1, 0.15) is 17.6 Å². The van der Waals surface area contributed by atoms with Gasteiger partial charge in [-0.05, 0) is 73.9 Å². The molecule has 1 fully saturated rings. The number of nitrogens with one attached hydrogen (secondary N) is 1. The Morgan fingerprint density at radius 2 is 1.58 bits per heavy atom. The molecule has 53 heavy (non-hydrogen) atoms. The van der Waals surface area contributed by atoms with Crippen LogP contribution in [-0.2, 0) is 24.4 Å². The molecule has 3 aromatic carbocycles. The van der Waals surface area contributed by atoms with E-state index >= 15 is 4.79 Å². The van der Waals surface area contributed by atoms with E-state index < -0.39 is 22.1 Å². The number of amidine groups is 1. The van der Waals surface area contributed by atoms with Gasteiger partial charge in [0.15, 0.2) is 0 Å². The molecule has 1 N–H and O–H groups in total. The molecule has 1 unspecified atom stereocenters. The number of amides is 3. The molecule has 1 saturated heterocycles. The van der Waals surface area contributed by atoms with Gasteiger partial charge in [0.2, 0.25) is 5.91 Å². The fourth-order valence-corrected chi connectivity index (χ4v) is 8.00. The van der Waals surface area contributed by atoms with Gasteiger partial charge >= 0.3 is 6.03 Å². The molecule has 2 heterocycles. The Balaban J connectivity index is 1.61. The molecule has 0 radical (unpaired) electrons. The van der Waals surface area contributed by atoms with Crippen molar-refractivity contribution in [1.29, 1.82) is 0 Å². The maximum absolute atomic E-state index is 15.0. The minimum atomic E-state index is -4.12. The number of piperazine rings is 1. The highest BCUT2D eigenvalue weighted by atomic mass is 35.5. The highest BCUT2D eigenvalue weighted by Crippen LogP contribution is 2.46. The molecular weight excluding hydrogens is 743 g/mol. The lowest BCUT2D eigenvalue weighted by molar-refractivity contribution is -0.123. The zero-order valence-corrected chi connectivity index (χ0v) is 33.0. The first-order chi connectivity index (χ1) is 25.3. The van der Waals surface area contributed by atoms with Crippen molar-refractivity contribution in [2.24, 2.45) is 4.99 Å². The summed E-state index contributed by atoms with van der Waals surface area (Å²) in [5.41, 5.74) is 2.30. The summed E-state index contributed by atoms with van der Waals surface area (Å²) in [6.07, 6.45) is 0. The SMILES string of the molecule is CCOc1cc(C)c(S(=O)(=O)N(C)OC)cc1C1=N[C@@H](c2ccc(Cl)cc2)[C@@H](c2ccc(Cl)cc2)N1C(=O)N1CCN(CC(=O)NC(C)COC)CC1. The summed E-state index contributed by atoms with van der Waals surface area (Å²) in [5.74, 6) is 0.485. The van der Waals surface area contributed by atoms with E-state index in [1.54, 1.807) is 54.2 Å². The zero-order chi connectivity index (χ0) is 38.4. The topological polar surface area (TPSA) is 133 Å². The maximum atomic E-state index is 15.0. The molecule has 0 aromatic heterocycles. The van der Waals surface area contributed by atoms with Gasteiger partial charge < -0.3 is 19.7 Å². The molecule has 2 aliphatic heterocycles. The predicted octanol–water partition coefficient (Wildman–Crippen LogP) is 5.32. The number of aryl methyl sites for hydroxylation is 1. The summed E-state index contributed by atoms with van der Waals surface area (Å²) >= 11 is 12.6. The number of carbonyl (C=O) groups is 2. The third kappa shape index (κ3) is 9.14. The fraction of sp³-hybridized carbons (Fsp3) is 0.432. The second-order valence-electron chi connectivity index (χ2n) is 12.9. The van der Waals surface area contributed by atoms with Crippen LogP contribution in [0.4, 0.5) is 4.79 Å². The Bertz CT molecular complexity index is 1910. The number of hydrogen-bond acceptors (Lipinski definition) is 9. The van der Waals surface area contributed by atoms with Gasteiger partial charge in [0, 0.05) is 56.4 Å². The average molecular weight is 790 g/mol. The summed E-state index contributed by atoms with van der Waals surface area (Å²) in [6.45, 7) is 7.85. The standard InChI is InChI=1S/C37H46Cl2N6O7S/c1-7-52-31-20-24(2)32(53(48,49)42(4)51-6)21-30(31)36-41-34(26-8-12-28(38)13-9-26)35(27-10-14-29(39)15-11-27)45(36)37(47)44-18-16-43(17-19-44)22-33(46)40-25(3)23-50-5/h8-15,20-21,25,34-35H,7,16-19,22-23H2,1-6H3,(H,40,46)/t25?,34-,35+/m0/s1. The summed E-state index contributed by atoms with van der Waals surface area (Å²) < 4.78 is 39.4. The number of ether oxygens (including phenoxy) is 2. The largest absolute Gasteiger partial charge is 0.493 e. The van der Waals surface area contributed by atoms with Crippen LogP contribution in [0.3, 0.4) is 0 Å². The molecule has 3 aromatic rings. The lowest BCUT2D eigenvalue weighted by Crippen LogP contribution is -2.55. The van der Waals surface area contributed by atoms with E-state index in [0.29, 0.717) is 59.7 Å². The van der Waals surface area contributed by atoms with Gasteiger partial charge in [0.25, 0.3) is 10.0 Å². The fourth-order valence-electron chi connectivity index (χ4n) is 6.55. The van der Waals surface area contributed by atoms with Crippen molar-refractivity contribution in [1.82, 2.24) is 24.5 Å². The van der Waals surface area contributed by atoms with E-state index in [-0.39, 0.29) is 41.9 Å². The molecule has 286 valence electrons. The zero-order valence-electron chi connectivity index (χ0n) is 30.7. The first-order valence-electron chi connectivity index (χ1n) is 17.3. The summed E-state index contributed by atoms with van der Waals surface area (Å²) in [4.78, 5) is 43.4. The molecule has 0 bridgehead atoms. The van der Waals surface area contributed by atoms with Crippen molar-refractivity contribution in [3.63, 3.8) is 0 Å². The number of hydroxylamine groups is 1. The van der Waals surface area contributed by atoms with Crippen LogP contribution in [0.5, 0.6) is 5.75 Å². The van der Waals surface area contributed by atoms with Crippen LogP contribution in [0.15, 0.2) is 70.6 Å². The Morgan fingerprint density at radius 3 is 2.15 bits per heavy atom. The molecule has 2 aliphatic rings. The van der Waals surface area contributed by atoms with Crippen LogP contribution in [0.2, 0.25) is 10.0 Å². The number of benzene rings is 3. The number of sulfonamides is 1. The van der Waals surface area contributed by atoms with Gasteiger partial charge in [-0.3, -0.25) is 24.4 Å². The lowest BCUT2D eigenvalue weighted by Gasteiger charge is -2.39. The van der Waals surface area contributed by atoms with E-state index in [4.69, 9.17) is 42.5 Å². The van der Waals surface area contributed by atoms with E-state index in [0.717, 1.165) is 15.6 Å². The highest BCUT2D eigenvalue weighted by Gasteiger charge is 2.45. The lowest BCUT2D eigenvalue weighted by atomic mass is 9.93. The molecule has 5 rings (SSSR count). The van der Waals surface area contributed by atoms with E-state index in [9.17, 15) is 13.2 Å². The minimum absolute atomic E-state index is 0.0277. The number of aliphatic imine (C=N–C) groups is 1. The quantitative estimate of drug-likeness (QED) is 0.231. The Hall–Kier alpha value is -3.76. The molecule has 0 aliphatic carbocycles. The predicted molar refractivity (Wildman–Crippen MR) is 204 cm³/mol. The van der Waals surface area contributed by atoms with Crippen molar-refractivity contribution >= 4 is 51.0 Å². The van der Waals surface area contributed by atoms with Crippen molar-refractivity contribution in [2.45, 2.75) is 43.8 Å². The van der Waals surface area contributed by atoms with E-state index in [1.165, 1.54) is 20.2 Å². The van der Waals surface area contributed by atoms with Crippen LogP contribution >= 0.6 is 23.2 Å². The first-order valence-corrected chi connectivity index (χ1v) is 19.5. The van der Waals surface area contributed by atoms with Gasteiger partial charge in [-0.2, -0.15) is 0 Å². The number of nitrogens with zero attached hydrogens (tertiary/aromatic N) is 5. The summed E-state index contributed by atoms with van der Waals surface area (Å²) in [5, 5.41) is 4.00. The minimum Gasteiger partial charge on any atom is -0.493 e. The van der Waals surface area contributed by atoms with Crippen LogP contribution in [0.1, 0.15) is 48.2 Å². The molecule has 3 atom stereocenters. The van der Waals surface area contributed by atoms with Crippen LogP contribution in [-0.4, -0.2) is 119 Å². The molecular formula is C37H46Cl2N6O7S. The van der Waals surface area contributed by atoms with Gasteiger partial charge in [0.05, 0.1) is 43.4 Å². The number of urea groups is 1. The normalized spacial score (nSPS) is 18.6. The third-order valence-electron chi connectivity index (χ3n) is 9.22.